The van der Waals surface area contributed by atoms with Crippen molar-refractivity contribution in [3.63, 3.8) is 0 Å². The number of carbonyl (C=O) groups is 2. The van der Waals surface area contributed by atoms with Crippen LogP contribution in [0.15, 0.2) is 0 Å². The van der Waals surface area contributed by atoms with Gasteiger partial charge in [0, 0.05) is 6.54 Å². The van der Waals surface area contributed by atoms with Crippen LogP contribution in [-0.2, 0) is 9.59 Å². The second kappa shape index (κ2) is 6.80. The van der Waals surface area contributed by atoms with Crippen molar-refractivity contribution in [3.8, 4) is 0 Å². The van der Waals surface area contributed by atoms with Crippen LogP contribution in [-0.4, -0.2) is 35.3 Å². The van der Waals surface area contributed by atoms with Crippen molar-refractivity contribution in [3.05, 3.63) is 0 Å². The molecule has 2 fully saturated rings. The van der Waals surface area contributed by atoms with Gasteiger partial charge in [-0.25, -0.2) is 0 Å². The molecule has 0 aromatic heterocycles. The second-order valence-electron chi connectivity index (χ2n) is 7.31. The molecule has 1 saturated carbocycles. The Hall–Kier alpha value is -1.06. The van der Waals surface area contributed by atoms with E-state index in [4.69, 9.17) is 0 Å². The molecular weight excluding hydrogens is 264 g/mol. The van der Waals surface area contributed by atoms with Crippen LogP contribution in [0.5, 0.6) is 0 Å². The van der Waals surface area contributed by atoms with Crippen molar-refractivity contribution in [2.24, 2.45) is 17.8 Å². The molecule has 2 amide bonds. The van der Waals surface area contributed by atoms with Gasteiger partial charge in [0.2, 0.25) is 11.8 Å². The number of piperazine rings is 1. The fraction of sp³-hybridized carbons (Fsp3) is 0.882. The topological polar surface area (TPSA) is 49.4 Å². The van der Waals surface area contributed by atoms with Gasteiger partial charge in [-0.05, 0) is 37.0 Å². The van der Waals surface area contributed by atoms with Crippen molar-refractivity contribution in [2.75, 3.05) is 6.54 Å². The lowest BCUT2D eigenvalue weighted by Crippen LogP contribution is -2.65. The maximum atomic E-state index is 12.8. The smallest absolute Gasteiger partial charge is 0.245 e. The predicted molar refractivity (Wildman–Crippen MR) is 83.7 cm³/mol. The zero-order valence-corrected chi connectivity index (χ0v) is 13.9. The minimum Gasteiger partial charge on any atom is -0.342 e. The number of nitrogens with zero attached hydrogens (tertiary/aromatic N) is 1. The average Bonchev–Trinajstić information content (AvgIpc) is 2.80. The van der Waals surface area contributed by atoms with Gasteiger partial charge < -0.3 is 10.2 Å². The number of nitrogens with one attached hydrogen (secondary N) is 1. The first kappa shape index (κ1) is 16.3. The third kappa shape index (κ3) is 3.58. The molecule has 1 aliphatic carbocycles. The molecule has 1 aliphatic heterocycles. The molecule has 4 unspecified atom stereocenters. The zero-order chi connectivity index (χ0) is 15.6. The van der Waals surface area contributed by atoms with E-state index in [9.17, 15) is 9.59 Å². The van der Waals surface area contributed by atoms with Crippen LogP contribution >= 0.6 is 0 Å². The molecule has 0 aromatic rings. The summed E-state index contributed by atoms with van der Waals surface area (Å²) in [5, 5.41) is 2.93. The first-order chi connectivity index (χ1) is 9.93. The fourth-order valence-electron chi connectivity index (χ4n) is 3.92. The Morgan fingerprint density at radius 2 is 2.00 bits per heavy atom. The SMILES string of the molecule is CCCC1NC(=O)C(C(C)C)N(CC2CCC(C)C2)C1=O. The lowest BCUT2D eigenvalue weighted by molar-refractivity contribution is -0.152. The standard InChI is InChI=1S/C17H30N2O2/c1-5-6-14-17(21)19(10-13-8-7-12(4)9-13)15(11(2)3)16(20)18-14/h11-15H,5-10H2,1-4H3,(H,18,20). The van der Waals surface area contributed by atoms with E-state index in [1.165, 1.54) is 19.3 Å². The molecule has 0 bridgehead atoms. The lowest BCUT2D eigenvalue weighted by atomic mass is 9.93. The van der Waals surface area contributed by atoms with Gasteiger partial charge in [0.15, 0.2) is 0 Å². The summed E-state index contributed by atoms with van der Waals surface area (Å²) in [4.78, 5) is 27.1. The van der Waals surface area contributed by atoms with E-state index in [1.54, 1.807) is 0 Å². The van der Waals surface area contributed by atoms with Gasteiger partial charge in [-0.3, -0.25) is 9.59 Å². The lowest BCUT2D eigenvalue weighted by Gasteiger charge is -2.42. The van der Waals surface area contributed by atoms with Gasteiger partial charge >= 0.3 is 0 Å². The van der Waals surface area contributed by atoms with Gasteiger partial charge in [0.05, 0.1) is 0 Å². The molecule has 1 heterocycles. The first-order valence-electron chi connectivity index (χ1n) is 8.54. The largest absolute Gasteiger partial charge is 0.342 e. The van der Waals surface area contributed by atoms with E-state index in [2.05, 4.69) is 19.2 Å². The molecule has 4 heteroatoms. The highest BCUT2D eigenvalue weighted by atomic mass is 16.2. The van der Waals surface area contributed by atoms with Crippen molar-refractivity contribution in [1.29, 1.82) is 0 Å². The summed E-state index contributed by atoms with van der Waals surface area (Å²) in [5.74, 6) is 1.66. The predicted octanol–water partition coefficient (Wildman–Crippen LogP) is 2.57. The number of hydrogen-bond acceptors (Lipinski definition) is 2. The molecule has 1 N–H and O–H groups in total. The van der Waals surface area contributed by atoms with Gasteiger partial charge in [0.1, 0.15) is 12.1 Å². The van der Waals surface area contributed by atoms with Crippen LogP contribution < -0.4 is 5.32 Å². The van der Waals surface area contributed by atoms with E-state index in [-0.39, 0.29) is 29.8 Å². The number of hydrogen-bond donors (Lipinski definition) is 1. The van der Waals surface area contributed by atoms with Gasteiger partial charge in [0.25, 0.3) is 0 Å². The normalized spacial score (nSPS) is 33.7. The molecule has 0 radical (unpaired) electrons. The molecule has 0 spiro atoms. The Balaban J connectivity index is 2.13. The highest BCUT2D eigenvalue weighted by Gasteiger charge is 2.42. The molecule has 2 aliphatic rings. The summed E-state index contributed by atoms with van der Waals surface area (Å²) in [7, 11) is 0. The summed E-state index contributed by atoms with van der Waals surface area (Å²) >= 11 is 0. The molecule has 0 aromatic carbocycles. The van der Waals surface area contributed by atoms with Gasteiger partial charge in [-0.2, -0.15) is 0 Å². The van der Waals surface area contributed by atoms with Crippen molar-refractivity contribution in [2.45, 2.75) is 71.9 Å². The van der Waals surface area contributed by atoms with Crippen molar-refractivity contribution in [1.82, 2.24) is 10.2 Å². The number of carbonyl (C=O) groups excluding carboxylic acids is 2. The Kier molecular flexibility index (Phi) is 5.28. The summed E-state index contributed by atoms with van der Waals surface area (Å²) < 4.78 is 0. The van der Waals surface area contributed by atoms with Crippen LogP contribution in [0.1, 0.15) is 59.8 Å². The Morgan fingerprint density at radius 1 is 1.29 bits per heavy atom. The van der Waals surface area contributed by atoms with E-state index < -0.39 is 0 Å². The van der Waals surface area contributed by atoms with E-state index >= 15 is 0 Å². The molecule has 120 valence electrons. The maximum Gasteiger partial charge on any atom is 0.245 e. The highest BCUT2D eigenvalue weighted by molar-refractivity contribution is 5.97. The van der Waals surface area contributed by atoms with E-state index in [0.717, 1.165) is 25.3 Å². The zero-order valence-electron chi connectivity index (χ0n) is 13.9. The molecule has 21 heavy (non-hydrogen) atoms. The Morgan fingerprint density at radius 3 is 2.52 bits per heavy atom. The summed E-state index contributed by atoms with van der Waals surface area (Å²) in [5.41, 5.74) is 0. The quantitative estimate of drug-likeness (QED) is 0.847. The second-order valence-corrected chi connectivity index (χ2v) is 7.31. The summed E-state index contributed by atoms with van der Waals surface area (Å²) in [6.07, 6.45) is 5.29. The molecule has 4 atom stereocenters. The third-order valence-corrected chi connectivity index (χ3v) is 4.97. The minimum atomic E-state index is -0.309. The van der Waals surface area contributed by atoms with Crippen LogP contribution in [0, 0.1) is 17.8 Å². The minimum absolute atomic E-state index is 0.0362. The number of rotatable bonds is 5. The van der Waals surface area contributed by atoms with E-state index in [1.807, 2.05) is 18.7 Å². The fourth-order valence-corrected chi connectivity index (χ4v) is 3.92. The average molecular weight is 294 g/mol. The van der Waals surface area contributed by atoms with Gasteiger partial charge in [-0.15, -0.1) is 0 Å². The maximum absolute atomic E-state index is 12.8. The molecule has 1 saturated heterocycles. The Bertz CT molecular complexity index is 394. The molecule has 2 rings (SSSR count). The van der Waals surface area contributed by atoms with E-state index in [0.29, 0.717) is 5.92 Å². The monoisotopic (exact) mass is 294 g/mol. The first-order valence-corrected chi connectivity index (χ1v) is 8.54. The van der Waals surface area contributed by atoms with Crippen LogP contribution in [0.4, 0.5) is 0 Å². The van der Waals surface area contributed by atoms with Crippen molar-refractivity contribution < 1.29 is 9.59 Å². The highest BCUT2D eigenvalue weighted by Crippen LogP contribution is 2.32. The number of amides is 2. The third-order valence-electron chi connectivity index (χ3n) is 4.97. The molecule has 4 nitrogen and oxygen atoms in total. The van der Waals surface area contributed by atoms with Crippen LogP contribution in [0.25, 0.3) is 0 Å². The van der Waals surface area contributed by atoms with Gasteiger partial charge in [-0.1, -0.05) is 40.5 Å². The summed E-state index contributed by atoms with van der Waals surface area (Å²) in [6, 6.07) is -0.599. The molecular formula is C17H30N2O2. The van der Waals surface area contributed by atoms with Crippen molar-refractivity contribution >= 4 is 11.8 Å². The summed E-state index contributed by atoms with van der Waals surface area (Å²) in [6.45, 7) is 9.16. The Labute approximate surface area is 128 Å². The van der Waals surface area contributed by atoms with Crippen LogP contribution in [0.3, 0.4) is 0 Å². The van der Waals surface area contributed by atoms with Crippen LogP contribution in [0.2, 0.25) is 0 Å².